The maximum atomic E-state index is 11.8. The van der Waals surface area contributed by atoms with E-state index in [0.717, 1.165) is 31.2 Å². The number of nitrogens with zero attached hydrogens (tertiary/aromatic N) is 2. The van der Waals surface area contributed by atoms with Crippen LogP contribution in [-0.4, -0.2) is 48.9 Å². The fourth-order valence-corrected chi connectivity index (χ4v) is 2.55. The van der Waals surface area contributed by atoms with E-state index in [-0.39, 0.29) is 12.5 Å². The van der Waals surface area contributed by atoms with Crippen molar-refractivity contribution < 1.29 is 9.59 Å². The first kappa shape index (κ1) is 17.8. The number of hydrogen-bond acceptors (Lipinski definition) is 3. The lowest BCUT2D eigenvalue weighted by Crippen LogP contribution is -2.39. The molecular formula is C17H25N5O2. The third kappa shape index (κ3) is 5.26. The number of nitrogens with one attached hydrogen (secondary N) is 2. The van der Waals surface area contributed by atoms with Crippen molar-refractivity contribution in [3.05, 3.63) is 35.4 Å². The van der Waals surface area contributed by atoms with Gasteiger partial charge in [-0.1, -0.05) is 12.1 Å². The summed E-state index contributed by atoms with van der Waals surface area (Å²) in [7, 11) is 0. The van der Waals surface area contributed by atoms with E-state index in [4.69, 9.17) is 5.73 Å². The van der Waals surface area contributed by atoms with Crippen LogP contribution in [0.5, 0.6) is 0 Å². The van der Waals surface area contributed by atoms with Gasteiger partial charge in [0.2, 0.25) is 5.91 Å². The Hall–Kier alpha value is -2.57. The summed E-state index contributed by atoms with van der Waals surface area (Å²) in [5.41, 5.74) is 6.53. The number of nitrogens with two attached hydrogens (primary N) is 1. The van der Waals surface area contributed by atoms with Gasteiger partial charge < -0.3 is 21.3 Å². The molecule has 0 aromatic heterocycles. The van der Waals surface area contributed by atoms with Crippen molar-refractivity contribution >= 4 is 17.8 Å². The van der Waals surface area contributed by atoms with Gasteiger partial charge in [-0.2, -0.15) is 0 Å². The Kier molecular flexibility index (Phi) is 6.60. The first-order valence-electron chi connectivity index (χ1n) is 8.29. The Morgan fingerprint density at radius 2 is 1.83 bits per heavy atom. The van der Waals surface area contributed by atoms with E-state index in [1.807, 2.05) is 12.1 Å². The molecule has 4 N–H and O–H groups in total. The molecule has 0 aliphatic carbocycles. The quantitative estimate of drug-likeness (QED) is 0.521. The number of benzene rings is 1. The standard InChI is InChI=1S/C17H25N5O2/c1-2-19-17(22-9-3-4-10-22)21-11-13-5-7-14(8-6-13)16(24)20-12-15(18)23/h5-8H,2-4,9-12H2,1H3,(H2,18,23)(H,19,21)(H,20,24). The molecular weight excluding hydrogens is 306 g/mol. The molecule has 1 aliphatic heterocycles. The van der Waals surface area contributed by atoms with Crippen LogP contribution in [0.4, 0.5) is 0 Å². The summed E-state index contributed by atoms with van der Waals surface area (Å²) in [5, 5.41) is 5.78. The molecule has 1 aromatic rings. The molecule has 0 unspecified atom stereocenters. The van der Waals surface area contributed by atoms with Crippen molar-refractivity contribution in [2.24, 2.45) is 10.7 Å². The van der Waals surface area contributed by atoms with Gasteiger partial charge in [0.05, 0.1) is 13.1 Å². The molecule has 130 valence electrons. The molecule has 0 bridgehead atoms. The van der Waals surface area contributed by atoms with Gasteiger partial charge in [-0.25, -0.2) is 4.99 Å². The molecule has 1 saturated heterocycles. The zero-order valence-corrected chi connectivity index (χ0v) is 14.0. The van der Waals surface area contributed by atoms with Gasteiger partial charge in [0.1, 0.15) is 0 Å². The van der Waals surface area contributed by atoms with E-state index in [2.05, 4.69) is 27.4 Å². The summed E-state index contributed by atoms with van der Waals surface area (Å²) >= 11 is 0. The third-order valence-corrected chi connectivity index (χ3v) is 3.79. The van der Waals surface area contributed by atoms with Crippen molar-refractivity contribution in [3.63, 3.8) is 0 Å². The fraction of sp³-hybridized carbons (Fsp3) is 0.471. The van der Waals surface area contributed by atoms with E-state index in [9.17, 15) is 9.59 Å². The SMILES string of the molecule is CCNC(=NCc1ccc(C(=O)NCC(N)=O)cc1)N1CCCC1. The van der Waals surface area contributed by atoms with Crippen molar-refractivity contribution in [2.75, 3.05) is 26.2 Å². The van der Waals surface area contributed by atoms with Gasteiger partial charge in [-0.3, -0.25) is 9.59 Å². The predicted octanol–water partition coefficient (Wildman–Crippen LogP) is 0.463. The zero-order valence-electron chi connectivity index (χ0n) is 14.0. The van der Waals surface area contributed by atoms with Crippen LogP contribution in [0.25, 0.3) is 0 Å². The van der Waals surface area contributed by atoms with Crippen LogP contribution < -0.4 is 16.4 Å². The molecule has 0 saturated carbocycles. The normalized spacial score (nSPS) is 14.5. The van der Waals surface area contributed by atoms with Gasteiger partial charge in [-0.05, 0) is 37.5 Å². The lowest BCUT2D eigenvalue weighted by Gasteiger charge is -2.20. The minimum Gasteiger partial charge on any atom is -0.368 e. The number of primary amides is 1. The molecule has 0 radical (unpaired) electrons. The summed E-state index contributed by atoms with van der Waals surface area (Å²) in [4.78, 5) is 29.4. The van der Waals surface area contributed by atoms with Gasteiger partial charge in [0.15, 0.2) is 5.96 Å². The highest BCUT2D eigenvalue weighted by molar-refractivity contribution is 5.96. The molecule has 1 aliphatic rings. The van der Waals surface area contributed by atoms with Gasteiger partial charge in [0, 0.05) is 25.2 Å². The molecule has 1 fully saturated rings. The maximum absolute atomic E-state index is 11.8. The Bertz CT molecular complexity index is 592. The fourth-order valence-electron chi connectivity index (χ4n) is 2.55. The van der Waals surface area contributed by atoms with Gasteiger partial charge >= 0.3 is 0 Å². The molecule has 1 aromatic carbocycles. The number of hydrogen-bond donors (Lipinski definition) is 3. The van der Waals surface area contributed by atoms with Crippen molar-refractivity contribution in [1.82, 2.24) is 15.5 Å². The minimum atomic E-state index is -0.563. The van der Waals surface area contributed by atoms with E-state index < -0.39 is 5.91 Å². The molecule has 7 heteroatoms. The molecule has 2 rings (SSSR count). The Morgan fingerprint density at radius 3 is 2.42 bits per heavy atom. The highest BCUT2D eigenvalue weighted by atomic mass is 16.2. The molecule has 7 nitrogen and oxygen atoms in total. The highest BCUT2D eigenvalue weighted by Gasteiger charge is 2.15. The van der Waals surface area contributed by atoms with Crippen LogP contribution in [-0.2, 0) is 11.3 Å². The Balaban J connectivity index is 1.95. The topological polar surface area (TPSA) is 99.8 Å². The molecule has 24 heavy (non-hydrogen) atoms. The smallest absolute Gasteiger partial charge is 0.251 e. The van der Waals surface area contributed by atoms with Crippen LogP contribution in [0.2, 0.25) is 0 Å². The lowest BCUT2D eigenvalue weighted by molar-refractivity contribution is -0.117. The predicted molar refractivity (Wildman–Crippen MR) is 93.6 cm³/mol. The van der Waals surface area contributed by atoms with Gasteiger partial charge in [-0.15, -0.1) is 0 Å². The van der Waals surface area contributed by atoms with Crippen LogP contribution in [0, 0.1) is 0 Å². The number of amides is 2. The number of guanidine groups is 1. The number of carbonyl (C=O) groups excluding carboxylic acids is 2. The average molecular weight is 331 g/mol. The number of likely N-dealkylation sites (tertiary alicyclic amines) is 1. The second kappa shape index (κ2) is 8.90. The van der Waals surface area contributed by atoms with E-state index in [1.54, 1.807) is 12.1 Å². The largest absolute Gasteiger partial charge is 0.368 e. The van der Waals surface area contributed by atoms with Crippen LogP contribution >= 0.6 is 0 Å². The van der Waals surface area contributed by atoms with E-state index in [0.29, 0.717) is 12.1 Å². The van der Waals surface area contributed by atoms with Crippen molar-refractivity contribution in [2.45, 2.75) is 26.3 Å². The van der Waals surface area contributed by atoms with Gasteiger partial charge in [0.25, 0.3) is 5.91 Å². The molecule has 0 spiro atoms. The van der Waals surface area contributed by atoms with E-state index >= 15 is 0 Å². The summed E-state index contributed by atoms with van der Waals surface area (Å²) in [6, 6.07) is 7.19. The lowest BCUT2D eigenvalue weighted by atomic mass is 10.1. The second-order valence-electron chi connectivity index (χ2n) is 5.71. The van der Waals surface area contributed by atoms with E-state index in [1.165, 1.54) is 12.8 Å². The monoisotopic (exact) mass is 331 g/mol. The number of aliphatic imine (C=N–C) groups is 1. The zero-order chi connectivity index (χ0) is 17.4. The number of carbonyl (C=O) groups is 2. The van der Waals surface area contributed by atoms with Crippen LogP contribution in [0.1, 0.15) is 35.7 Å². The minimum absolute atomic E-state index is 0.160. The first-order valence-corrected chi connectivity index (χ1v) is 8.29. The average Bonchev–Trinajstić information content (AvgIpc) is 3.11. The highest BCUT2D eigenvalue weighted by Crippen LogP contribution is 2.10. The van der Waals surface area contributed by atoms with Crippen LogP contribution in [0.15, 0.2) is 29.3 Å². The van der Waals surface area contributed by atoms with Crippen LogP contribution in [0.3, 0.4) is 0 Å². The second-order valence-corrected chi connectivity index (χ2v) is 5.71. The Labute approximate surface area is 142 Å². The maximum Gasteiger partial charge on any atom is 0.251 e. The summed E-state index contributed by atoms with van der Waals surface area (Å²) in [5.74, 6) is 0.0692. The number of rotatable bonds is 6. The van der Waals surface area contributed by atoms with Crippen molar-refractivity contribution in [1.29, 1.82) is 0 Å². The third-order valence-electron chi connectivity index (χ3n) is 3.79. The molecule has 1 heterocycles. The molecule has 2 amide bonds. The van der Waals surface area contributed by atoms with Crippen molar-refractivity contribution in [3.8, 4) is 0 Å². The summed E-state index contributed by atoms with van der Waals surface area (Å²) in [6.07, 6.45) is 2.42. The summed E-state index contributed by atoms with van der Waals surface area (Å²) in [6.45, 7) is 5.39. The first-order chi connectivity index (χ1) is 11.6. The Morgan fingerprint density at radius 1 is 1.17 bits per heavy atom. The molecule has 0 atom stereocenters. The summed E-state index contributed by atoms with van der Waals surface area (Å²) < 4.78 is 0.